The molecule has 0 saturated heterocycles. The van der Waals surface area contributed by atoms with E-state index in [0.717, 1.165) is 0 Å². The van der Waals surface area contributed by atoms with E-state index < -0.39 is 5.91 Å². The van der Waals surface area contributed by atoms with E-state index in [-0.39, 0.29) is 10.8 Å². The van der Waals surface area contributed by atoms with E-state index in [1.54, 1.807) is 29.7 Å². The Morgan fingerprint density at radius 3 is 2.96 bits per heavy atom. The van der Waals surface area contributed by atoms with Crippen LogP contribution in [-0.4, -0.2) is 26.6 Å². The smallest absolute Gasteiger partial charge is 0.290 e. The number of phenolic OH excluding ortho intramolecular Hbond substituents is 1. The van der Waals surface area contributed by atoms with Crippen molar-refractivity contribution >= 4 is 41.0 Å². The molecule has 0 aliphatic heterocycles. The number of fused-ring (bicyclic) bond motifs is 1. The number of nitrogens with one attached hydrogen (secondary N) is 1. The van der Waals surface area contributed by atoms with Crippen molar-refractivity contribution in [1.29, 1.82) is 0 Å². The molecule has 3 rings (SSSR count). The molecule has 0 aliphatic rings. The topological polar surface area (TPSA) is 79.0 Å². The van der Waals surface area contributed by atoms with E-state index in [4.69, 9.17) is 23.2 Å². The highest BCUT2D eigenvalue weighted by Gasteiger charge is 2.15. The molecule has 0 radical (unpaired) electrons. The van der Waals surface area contributed by atoms with E-state index in [2.05, 4.69) is 15.5 Å². The van der Waals surface area contributed by atoms with Gasteiger partial charge < -0.3 is 5.11 Å². The van der Waals surface area contributed by atoms with Crippen LogP contribution < -0.4 is 5.43 Å². The molecule has 0 fully saturated rings. The number of imidazole rings is 1. The Hall–Kier alpha value is -2.57. The third-order valence-electron chi connectivity index (χ3n) is 3.35. The number of amides is 1. The van der Waals surface area contributed by atoms with Gasteiger partial charge in [0.1, 0.15) is 17.1 Å². The summed E-state index contributed by atoms with van der Waals surface area (Å²) >= 11 is 11.7. The number of pyridine rings is 1. The summed E-state index contributed by atoms with van der Waals surface area (Å²) < 4.78 is 1.67. The number of aromatic hydroxyl groups is 1. The maximum Gasteiger partial charge on any atom is 0.290 e. The van der Waals surface area contributed by atoms with Crippen molar-refractivity contribution in [2.75, 3.05) is 0 Å². The lowest BCUT2D eigenvalue weighted by Gasteiger charge is -2.03. The standard InChI is InChI=1S/C16H12Cl2N4O2/c1-9-14(22-5-3-2-4-13(22)20-9)16(24)21-19-8-10-6-11(17)7-12(18)15(10)23/h2-8,23H,1H3,(H,21,24)/b19-8+. The quantitative estimate of drug-likeness (QED) is 0.553. The van der Waals surface area contributed by atoms with Crippen LogP contribution in [-0.2, 0) is 0 Å². The second-order valence-corrected chi connectivity index (χ2v) is 5.84. The molecule has 6 nitrogen and oxygen atoms in total. The van der Waals surface area contributed by atoms with Gasteiger partial charge >= 0.3 is 0 Å². The lowest BCUT2D eigenvalue weighted by Crippen LogP contribution is -2.20. The summed E-state index contributed by atoms with van der Waals surface area (Å²) in [7, 11) is 0. The van der Waals surface area contributed by atoms with Gasteiger partial charge in [-0.15, -0.1) is 0 Å². The maximum atomic E-state index is 12.3. The first-order chi connectivity index (χ1) is 11.5. The van der Waals surface area contributed by atoms with Crippen LogP contribution >= 0.6 is 23.2 Å². The van der Waals surface area contributed by atoms with Crippen molar-refractivity contribution in [3.8, 4) is 5.75 Å². The number of aromatic nitrogens is 2. The molecule has 8 heteroatoms. The van der Waals surface area contributed by atoms with Crippen molar-refractivity contribution in [2.24, 2.45) is 5.10 Å². The van der Waals surface area contributed by atoms with Gasteiger partial charge in [-0.1, -0.05) is 29.3 Å². The summed E-state index contributed by atoms with van der Waals surface area (Å²) in [6.45, 7) is 1.74. The zero-order valence-corrected chi connectivity index (χ0v) is 14.0. The van der Waals surface area contributed by atoms with Crippen LogP contribution in [0, 0.1) is 6.92 Å². The fourth-order valence-electron chi connectivity index (χ4n) is 2.28. The summed E-state index contributed by atoms with van der Waals surface area (Å²) in [5.74, 6) is -0.583. The van der Waals surface area contributed by atoms with Gasteiger partial charge in [0, 0.05) is 16.8 Å². The first kappa shape index (κ1) is 16.3. The van der Waals surface area contributed by atoms with E-state index in [0.29, 0.717) is 27.6 Å². The average molecular weight is 363 g/mol. The predicted octanol–water partition coefficient (Wildman–Crippen LogP) is 3.42. The first-order valence-corrected chi connectivity index (χ1v) is 7.68. The highest BCUT2D eigenvalue weighted by atomic mass is 35.5. The molecule has 2 aromatic heterocycles. The predicted molar refractivity (Wildman–Crippen MR) is 93.1 cm³/mol. The molecule has 24 heavy (non-hydrogen) atoms. The summed E-state index contributed by atoms with van der Waals surface area (Å²) in [6, 6.07) is 8.35. The van der Waals surface area contributed by atoms with Crippen LogP contribution in [0.25, 0.3) is 5.65 Å². The van der Waals surface area contributed by atoms with Crippen molar-refractivity contribution in [2.45, 2.75) is 6.92 Å². The van der Waals surface area contributed by atoms with Gasteiger partial charge in [-0.3, -0.25) is 9.20 Å². The highest BCUT2D eigenvalue weighted by molar-refractivity contribution is 6.36. The van der Waals surface area contributed by atoms with E-state index in [1.807, 2.05) is 6.07 Å². The molecule has 1 aromatic carbocycles. The van der Waals surface area contributed by atoms with E-state index >= 15 is 0 Å². The first-order valence-electron chi connectivity index (χ1n) is 6.92. The minimum Gasteiger partial charge on any atom is -0.506 e. The Morgan fingerprint density at radius 2 is 2.17 bits per heavy atom. The monoisotopic (exact) mass is 362 g/mol. The second-order valence-electron chi connectivity index (χ2n) is 5.00. The second kappa shape index (κ2) is 6.51. The van der Waals surface area contributed by atoms with Gasteiger partial charge in [-0.25, -0.2) is 10.4 Å². The maximum absolute atomic E-state index is 12.3. The lowest BCUT2D eigenvalue weighted by atomic mass is 10.2. The number of benzene rings is 1. The number of hydrogen-bond acceptors (Lipinski definition) is 4. The Balaban J connectivity index is 1.84. The molecule has 0 spiro atoms. The molecule has 3 aromatic rings. The molecule has 2 N–H and O–H groups in total. The molecular formula is C16H12Cl2N4O2. The summed E-state index contributed by atoms with van der Waals surface area (Å²) in [5.41, 5.74) is 4.34. The number of nitrogens with zero attached hydrogens (tertiary/aromatic N) is 3. The largest absolute Gasteiger partial charge is 0.506 e. The highest BCUT2D eigenvalue weighted by Crippen LogP contribution is 2.29. The normalized spacial score (nSPS) is 11.3. The van der Waals surface area contributed by atoms with Crippen LogP contribution in [0.1, 0.15) is 21.7 Å². The van der Waals surface area contributed by atoms with E-state index in [1.165, 1.54) is 18.3 Å². The van der Waals surface area contributed by atoms with Crippen molar-refractivity contribution < 1.29 is 9.90 Å². The SMILES string of the molecule is Cc1nc2ccccn2c1C(=O)N/N=C/c1cc(Cl)cc(Cl)c1O. The summed E-state index contributed by atoms with van der Waals surface area (Å²) in [6.07, 6.45) is 3.01. The Morgan fingerprint density at radius 1 is 1.38 bits per heavy atom. The summed E-state index contributed by atoms with van der Waals surface area (Å²) in [5, 5.41) is 14.1. The molecular weight excluding hydrogens is 351 g/mol. The minimum atomic E-state index is -0.421. The fraction of sp³-hybridized carbons (Fsp3) is 0.0625. The molecule has 0 unspecified atom stereocenters. The molecule has 0 atom stereocenters. The van der Waals surface area contributed by atoms with Crippen LogP contribution in [0.15, 0.2) is 41.6 Å². The molecule has 0 aliphatic carbocycles. The number of hydrazone groups is 1. The molecule has 122 valence electrons. The molecule has 1 amide bonds. The number of hydrogen-bond donors (Lipinski definition) is 2. The Labute approximate surface area is 147 Å². The van der Waals surface area contributed by atoms with Crippen LogP contribution in [0.3, 0.4) is 0 Å². The van der Waals surface area contributed by atoms with Crippen molar-refractivity contribution in [3.63, 3.8) is 0 Å². The number of halogens is 2. The van der Waals surface area contributed by atoms with Crippen molar-refractivity contribution in [3.05, 3.63) is 63.5 Å². The third-order valence-corrected chi connectivity index (χ3v) is 3.85. The summed E-state index contributed by atoms with van der Waals surface area (Å²) in [4.78, 5) is 16.7. The van der Waals surface area contributed by atoms with Crippen LogP contribution in [0.4, 0.5) is 0 Å². The third kappa shape index (κ3) is 3.06. The number of phenols is 1. The number of rotatable bonds is 3. The van der Waals surface area contributed by atoms with Gasteiger partial charge in [-0.05, 0) is 31.2 Å². The van der Waals surface area contributed by atoms with E-state index in [9.17, 15) is 9.90 Å². The number of carbonyl (C=O) groups is 1. The van der Waals surface area contributed by atoms with Gasteiger partial charge in [0.05, 0.1) is 16.9 Å². The Bertz CT molecular complexity index is 966. The van der Waals surface area contributed by atoms with Gasteiger partial charge in [-0.2, -0.15) is 5.10 Å². The van der Waals surface area contributed by atoms with Crippen molar-refractivity contribution in [1.82, 2.24) is 14.8 Å². The van der Waals surface area contributed by atoms with Crippen LogP contribution in [0.5, 0.6) is 5.75 Å². The van der Waals surface area contributed by atoms with Gasteiger partial charge in [0.15, 0.2) is 0 Å². The fourth-order valence-corrected chi connectivity index (χ4v) is 2.79. The van der Waals surface area contributed by atoms with Gasteiger partial charge in [0.2, 0.25) is 0 Å². The lowest BCUT2D eigenvalue weighted by molar-refractivity contribution is 0.0948. The molecule has 0 bridgehead atoms. The zero-order chi connectivity index (χ0) is 17.3. The minimum absolute atomic E-state index is 0.105. The molecule has 2 heterocycles. The Kier molecular flexibility index (Phi) is 4.42. The average Bonchev–Trinajstić information content (AvgIpc) is 2.87. The van der Waals surface area contributed by atoms with Crippen LogP contribution in [0.2, 0.25) is 10.0 Å². The molecule has 0 saturated carbocycles. The number of aryl methyl sites for hydroxylation is 1. The zero-order valence-electron chi connectivity index (χ0n) is 12.5. The number of carbonyl (C=O) groups excluding carboxylic acids is 1. The van der Waals surface area contributed by atoms with Gasteiger partial charge in [0.25, 0.3) is 5.91 Å².